The summed E-state index contributed by atoms with van der Waals surface area (Å²) in [5, 5.41) is 0.933. The quantitative estimate of drug-likeness (QED) is 0.381. The first-order valence-corrected chi connectivity index (χ1v) is 11.4. The number of methoxy groups -OCH3 is 1. The van der Waals surface area contributed by atoms with Crippen LogP contribution in [0.5, 0.6) is 11.5 Å². The van der Waals surface area contributed by atoms with Crippen LogP contribution in [-0.2, 0) is 11.4 Å². The monoisotopic (exact) mass is 499 g/mol. The highest BCUT2D eigenvalue weighted by atomic mass is 35.5. The lowest BCUT2D eigenvalue weighted by Crippen LogP contribution is -2.36. The Morgan fingerprint density at radius 1 is 1.10 bits per heavy atom. The number of hydrogen-bond donors (Lipinski definition) is 0. The zero-order valence-electron chi connectivity index (χ0n) is 17.1. The minimum Gasteiger partial charge on any atom is -0.493 e. The van der Waals surface area contributed by atoms with E-state index in [0.29, 0.717) is 43.5 Å². The van der Waals surface area contributed by atoms with Gasteiger partial charge in [0.25, 0.3) is 11.1 Å². The van der Waals surface area contributed by atoms with Gasteiger partial charge < -0.3 is 9.47 Å². The molecule has 0 saturated carbocycles. The zero-order chi connectivity index (χ0) is 22.7. The van der Waals surface area contributed by atoms with Crippen LogP contribution in [0.3, 0.4) is 0 Å². The van der Waals surface area contributed by atoms with Gasteiger partial charge in [-0.25, -0.2) is 0 Å². The molecule has 0 bridgehead atoms. The van der Waals surface area contributed by atoms with E-state index in [-0.39, 0.29) is 23.8 Å². The van der Waals surface area contributed by atoms with E-state index in [1.54, 1.807) is 36.4 Å². The largest absolute Gasteiger partial charge is 0.493 e. The third-order valence-electron chi connectivity index (χ3n) is 4.77. The predicted molar refractivity (Wildman–Crippen MR) is 126 cm³/mol. The molecule has 0 unspecified atom stereocenters. The van der Waals surface area contributed by atoms with Gasteiger partial charge in [0.15, 0.2) is 11.5 Å². The molecule has 0 N–H and O–H groups in total. The minimum absolute atomic E-state index is 0.159. The van der Waals surface area contributed by atoms with E-state index in [9.17, 15) is 9.59 Å². The molecule has 3 rings (SSSR count). The summed E-state index contributed by atoms with van der Waals surface area (Å²) < 4.78 is 11.3. The van der Waals surface area contributed by atoms with E-state index in [1.165, 1.54) is 12.0 Å². The molecule has 1 fully saturated rings. The van der Waals surface area contributed by atoms with Gasteiger partial charge in [0, 0.05) is 6.04 Å². The van der Waals surface area contributed by atoms with Crippen LogP contribution < -0.4 is 9.47 Å². The normalized spacial score (nSPS) is 16.2. The smallest absolute Gasteiger partial charge is 0.293 e. The van der Waals surface area contributed by atoms with Crippen molar-refractivity contribution in [2.75, 3.05) is 7.11 Å². The lowest BCUT2D eigenvalue weighted by atomic mass is 10.1. The average molecular weight is 501 g/mol. The summed E-state index contributed by atoms with van der Waals surface area (Å²) in [5.74, 6) is 0.458. The van der Waals surface area contributed by atoms with Gasteiger partial charge in [-0.3, -0.25) is 14.5 Å². The number of rotatable bonds is 7. The number of thioether (sulfide) groups is 1. The van der Waals surface area contributed by atoms with Crippen molar-refractivity contribution in [2.24, 2.45) is 0 Å². The molecular weight excluding hydrogens is 481 g/mol. The number of carbonyl (C=O) groups is 2. The van der Waals surface area contributed by atoms with Crippen molar-refractivity contribution < 1.29 is 19.1 Å². The van der Waals surface area contributed by atoms with Gasteiger partial charge in [-0.05, 0) is 66.6 Å². The van der Waals surface area contributed by atoms with Crippen LogP contribution in [0.1, 0.15) is 31.4 Å². The van der Waals surface area contributed by atoms with E-state index < -0.39 is 0 Å². The molecule has 9 heteroatoms. The molecule has 0 aliphatic carbocycles. The molecule has 0 aromatic heterocycles. The Hall–Kier alpha value is -1.86. The van der Waals surface area contributed by atoms with Crippen molar-refractivity contribution in [1.82, 2.24) is 4.90 Å². The van der Waals surface area contributed by atoms with Gasteiger partial charge in [0.2, 0.25) is 0 Å². The third-order valence-corrected chi connectivity index (χ3v) is 6.68. The molecule has 31 heavy (non-hydrogen) atoms. The van der Waals surface area contributed by atoms with E-state index in [0.717, 1.165) is 17.3 Å². The summed E-state index contributed by atoms with van der Waals surface area (Å²) in [6.45, 7) is 3.98. The van der Waals surface area contributed by atoms with Crippen LogP contribution in [0, 0.1) is 0 Å². The molecule has 1 saturated heterocycles. The zero-order valence-corrected chi connectivity index (χ0v) is 20.2. The number of amides is 2. The first kappa shape index (κ1) is 23.8. The lowest BCUT2D eigenvalue weighted by Gasteiger charge is -2.19. The fourth-order valence-electron chi connectivity index (χ4n) is 2.94. The van der Waals surface area contributed by atoms with Gasteiger partial charge >= 0.3 is 0 Å². The molecule has 2 aromatic rings. The minimum atomic E-state index is -0.306. The second-order valence-electron chi connectivity index (χ2n) is 6.88. The summed E-state index contributed by atoms with van der Waals surface area (Å²) >= 11 is 19.3. The van der Waals surface area contributed by atoms with Crippen molar-refractivity contribution in [1.29, 1.82) is 0 Å². The number of benzene rings is 2. The Balaban J connectivity index is 1.84. The molecule has 1 heterocycles. The SMILES string of the molecule is CC[C@@H](C)N1C(=O)S/C(=C/c2cc(Cl)c(OCc3ccc(Cl)c(Cl)c3)c(OC)c2)C1=O. The Morgan fingerprint density at radius 3 is 2.48 bits per heavy atom. The first-order valence-electron chi connectivity index (χ1n) is 9.46. The average Bonchev–Trinajstić information content (AvgIpc) is 3.01. The first-order chi connectivity index (χ1) is 14.7. The van der Waals surface area contributed by atoms with E-state index >= 15 is 0 Å². The highest BCUT2D eigenvalue weighted by molar-refractivity contribution is 8.18. The number of nitrogens with zero attached hydrogens (tertiary/aromatic N) is 1. The summed E-state index contributed by atoms with van der Waals surface area (Å²) in [4.78, 5) is 26.5. The van der Waals surface area contributed by atoms with Crippen LogP contribution in [0.2, 0.25) is 15.1 Å². The van der Waals surface area contributed by atoms with E-state index in [1.807, 2.05) is 13.8 Å². The van der Waals surface area contributed by atoms with Crippen molar-refractivity contribution in [3.8, 4) is 11.5 Å². The lowest BCUT2D eigenvalue weighted by molar-refractivity contribution is -0.124. The van der Waals surface area contributed by atoms with Crippen molar-refractivity contribution >= 4 is 63.8 Å². The number of hydrogen-bond acceptors (Lipinski definition) is 5. The fraction of sp³-hybridized carbons (Fsp3) is 0.273. The van der Waals surface area contributed by atoms with Gasteiger partial charge in [-0.2, -0.15) is 0 Å². The van der Waals surface area contributed by atoms with Crippen LogP contribution in [0.4, 0.5) is 4.79 Å². The summed E-state index contributed by atoms with van der Waals surface area (Å²) in [7, 11) is 1.50. The molecule has 2 aromatic carbocycles. The van der Waals surface area contributed by atoms with Gasteiger partial charge in [-0.15, -0.1) is 0 Å². The molecular formula is C22H20Cl3NO4S. The molecule has 1 atom stereocenters. The Labute approximate surface area is 200 Å². The number of imide groups is 1. The van der Waals surface area contributed by atoms with Crippen molar-refractivity contribution in [2.45, 2.75) is 32.9 Å². The highest BCUT2D eigenvalue weighted by Gasteiger charge is 2.37. The van der Waals surface area contributed by atoms with Crippen LogP contribution in [0.25, 0.3) is 6.08 Å². The number of carbonyl (C=O) groups excluding carboxylic acids is 2. The third kappa shape index (κ3) is 5.32. The van der Waals surface area contributed by atoms with Crippen LogP contribution in [0.15, 0.2) is 35.2 Å². The molecule has 0 radical (unpaired) electrons. The molecule has 2 amide bonds. The number of halogens is 3. The number of ether oxygens (including phenoxy) is 2. The second kappa shape index (κ2) is 10.2. The summed E-state index contributed by atoms with van der Waals surface area (Å²) in [6.07, 6.45) is 2.32. The molecule has 1 aliphatic heterocycles. The van der Waals surface area contributed by atoms with Gasteiger partial charge in [-0.1, -0.05) is 47.8 Å². The maximum Gasteiger partial charge on any atom is 0.293 e. The van der Waals surface area contributed by atoms with Gasteiger partial charge in [0.05, 0.1) is 27.1 Å². The Bertz CT molecular complexity index is 1060. The maximum absolute atomic E-state index is 12.6. The van der Waals surface area contributed by atoms with Crippen molar-refractivity contribution in [3.63, 3.8) is 0 Å². The summed E-state index contributed by atoms with van der Waals surface area (Å²) in [5.41, 5.74) is 1.44. The predicted octanol–water partition coefficient (Wildman–Crippen LogP) is 7.07. The summed E-state index contributed by atoms with van der Waals surface area (Å²) in [6, 6.07) is 8.41. The topological polar surface area (TPSA) is 55.8 Å². The molecule has 5 nitrogen and oxygen atoms in total. The van der Waals surface area contributed by atoms with Crippen LogP contribution >= 0.6 is 46.6 Å². The standard InChI is InChI=1S/C22H20Cl3NO4S/c1-4-12(2)26-21(27)19(31-22(26)28)10-14-8-17(25)20(18(9-14)29-3)30-11-13-5-6-15(23)16(24)7-13/h5-10,12H,4,11H2,1-3H3/b19-10+/t12-/m1/s1. The van der Waals surface area contributed by atoms with Gasteiger partial charge in [0.1, 0.15) is 6.61 Å². The van der Waals surface area contributed by atoms with E-state index in [4.69, 9.17) is 44.3 Å². The van der Waals surface area contributed by atoms with E-state index in [2.05, 4.69) is 0 Å². The maximum atomic E-state index is 12.6. The van der Waals surface area contributed by atoms with Crippen molar-refractivity contribution in [3.05, 3.63) is 61.4 Å². The fourth-order valence-corrected chi connectivity index (χ4v) is 4.47. The Morgan fingerprint density at radius 2 is 1.84 bits per heavy atom. The highest BCUT2D eigenvalue weighted by Crippen LogP contribution is 2.40. The van der Waals surface area contributed by atoms with Crippen LogP contribution in [-0.4, -0.2) is 29.2 Å². The Kier molecular flexibility index (Phi) is 7.81. The molecule has 1 aliphatic rings. The molecule has 164 valence electrons. The second-order valence-corrected chi connectivity index (χ2v) is 9.10. The molecule has 0 spiro atoms.